The first-order valence-corrected chi connectivity index (χ1v) is 7.26. The van der Waals surface area contributed by atoms with E-state index in [0.717, 1.165) is 11.4 Å². The fraction of sp³-hybridized carbons (Fsp3) is 0.267. The van der Waals surface area contributed by atoms with E-state index in [9.17, 15) is 4.79 Å². The second-order valence-electron chi connectivity index (χ2n) is 4.44. The average molecular weight is 290 g/mol. The zero-order valence-electron chi connectivity index (χ0n) is 11.6. The maximum absolute atomic E-state index is 11.5. The van der Waals surface area contributed by atoms with Crippen molar-refractivity contribution >= 4 is 28.6 Å². The lowest BCUT2D eigenvalue weighted by Gasteiger charge is -2.14. The summed E-state index contributed by atoms with van der Waals surface area (Å²) in [5.41, 5.74) is 1.73. The Morgan fingerprint density at radius 2 is 2.10 bits per heavy atom. The minimum absolute atomic E-state index is 0.0588. The quantitative estimate of drug-likeness (QED) is 0.856. The van der Waals surface area contributed by atoms with E-state index >= 15 is 0 Å². The second kappa shape index (κ2) is 7.07. The zero-order chi connectivity index (χ0) is 14.4. The van der Waals surface area contributed by atoms with Crippen LogP contribution in [0.1, 0.15) is 17.8 Å². The van der Waals surface area contributed by atoms with Crippen LogP contribution in [0.2, 0.25) is 0 Å². The molecule has 0 aliphatic carbocycles. The molecule has 0 bridgehead atoms. The lowest BCUT2D eigenvalue weighted by atomic mass is 10.2. The van der Waals surface area contributed by atoms with Gasteiger partial charge in [0.05, 0.1) is 6.04 Å². The van der Waals surface area contributed by atoms with Gasteiger partial charge in [-0.3, -0.25) is 4.79 Å². The highest BCUT2D eigenvalue weighted by molar-refractivity contribution is 7.10. The van der Waals surface area contributed by atoms with E-state index in [4.69, 9.17) is 4.74 Å². The molecule has 106 valence electrons. The maximum atomic E-state index is 11.5. The van der Waals surface area contributed by atoms with Crippen LogP contribution < -0.4 is 10.6 Å². The third-order valence-electron chi connectivity index (χ3n) is 2.77. The van der Waals surface area contributed by atoms with Crippen molar-refractivity contribution in [2.75, 3.05) is 24.4 Å². The number of hydrogen-bond acceptors (Lipinski definition) is 4. The van der Waals surface area contributed by atoms with Gasteiger partial charge in [-0.25, -0.2) is 0 Å². The molecule has 0 saturated carbocycles. The maximum Gasteiger partial charge on any atom is 0.250 e. The average Bonchev–Trinajstić information content (AvgIpc) is 2.93. The first-order chi connectivity index (χ1) is 9.69. The summed E-state index contributed by atoms with van der Waals surface area (Å²) in [6.07, 6.45) is 0. The number of hydrogen-bond donors (Lipinski definition) is 2. The van der Waals surface area contributed by atoms with Gasteiger partial charge >= 0.3 is 0 Å². The van der Waals surface area contributed by atoms with Crippen LogP contribution in [0.15, 0.2) is 41.8 Å². The number of anilines is 2. The largest absolute Gasteiger partial charge is 0.378 e. The molecule has 5 heteroatoms. The standard InChI is InChI=1S/C15H18N2O2S/c1-11(14-7-4-8-20-14)16-12-5-3-6-13(9-12)17-15(18)10-19-2/h3-9,11,16H,10H2,1-2H3,(H,17,18). The smallest absolute Gasteiger partial charge is 0.250 e. The van der Waals surface area contributed by atoms with E-state index in [2.05, 4.69) is 29.0 Å². The van der Waals surface area contributed by atoms with E-state index in [1.165, 1.54) is 12.0 Å². The van der Waals surface area contributed by atoms with Crippen LogP contribution in [0, 0.1) is 0 Å². The molecule has 0 aliphatic rings. The minimum Gasteiger partial charge on any atom is -0.378 e. The Bertz CT molecular complexity index is 555. The molecule has 2 aromatic rings. The molecule has 1 amide bonds. The van der Waals surface area contributed by atoms with Gasteiger partial charge in [0, 0.05) is 23.4 Å². The topological polar surface area (TPSA) is 50.4 Å². The summed E-state index contributed by atoms with van der Waals surface area (Å²) in [5.74, 6) is -0.157. The van der Waals surface area contributed by atoms with E-state index in [1.807, 2.05) is 30.3 Å². The number of rotatable bonds is 6. The van der Waals surface area contributed by atoms with Crippen LogP contribution in [0.25, 0.3) is 0 Å². The number of thiophene rings is 1. The van der Waals surface area contributed by atoms with E-state index in [0.29, 0.717) is 0 Å². The lowest BCUT2D eigenvalue weighted by molar-refractivity contribution is -0.119. The van der Waals surface area contributed by atoms with Crippen molar-refractivity contribution in [3.8, 4) is 0 Å². The van der Waals surface area contributed by atoms with E-state index in [-0.39, 0.29) is 18.6 Å². The first-order valence-electron chi connectivity index (χ1n) is 6.38. The molecule has 1 aromatic carbocycles. The van der Waals surface area contributed by atoms with Crippen molar-refractivity contribution in [3.63, 3.8) is 0 Å². The highest BCUT2D eigenvalue weighted by atomic mass is 32.1. The third kappa shape index (κ3) is 4.08. The molecule has 0 radical (unpaired) electrons. The van der Waals surface area contributed by atoms with Gasteiger partial charge in [0.1, 0.15) is 6.61 Å². The Morgan fingerprint density at radius 3 is 2.80 bits per heavy atom. The predicted molar refractivity (Wildman–Crippen MR) is 83.3 cm³/mol. The summed E-state index contributed by atoms with van der Waals surface area (Å²) >= 11 is 1.72. The van der Waals surface area contributed by atoms with E-state index in [1.54, 1.807) is 11.3 Å². The number of carbonyl (C=O) groups excluding carboxylic acids is 1. The molecule has 1 atom stereocenters. The summed E-state index contributed by atoms with van der Waals surface area (Å²) in [5, 5.41) is 8.27. The molecule has 20 heavy (non-hydrogen) atoms. The van der Waals surface area contributed by atoms with Crippen LogP contribution in [0.4, 0.5) is 11.4 Å². The van der Waals surface area contributed by atoms with Gasteiger partial charge < -0.3 is 15.4 Å². The number of nitrogens with one attached hydrogen (secondary N) is 2. The van der Waals surface area contributed by atoms with Gasteiger partial charge in [-0.05, 0) is 36.6 Å². The van der Waals surface area contributed by atoms with Gasteiger partial charge in [0.15, 0.2) is 0 Å². The summed E-state index contributed by atoms with van der Waals surface area (Å²) in [7, 11) is 1.50. The number of amides is 1. The van der Waals surface area contributed by atoms with Crippen LogP contribution in [0.3, 0.4) is 0 Å². The molecule has 0 saturated heterocycles. The summed E-state index contributed by atoms with van der Waals surface area (Å²) in [6, 6.07) is 12.0. The fourth-order valence-corrected chi connectivity index (χ4v) is 2.61. The summed E-state index contributed by atoms with van der Waals surface area (Å²) < 4.78 is 4.79. The Hall–Kier alpha value is -1.85. The highest BCUT2D eigenvalue weighted by Gasteiger charge is 2.07. The van der Waals surface area contributed by atoms with Crippen LogP contribution in [-0.4, -0.2) is 19.6 Å². The minimum atomic E-state index is -0.157. The molecule has 0 fully saturated rings. The summed E-state index contributed by atoms with van der Waals surface area (Å²) in [4.78, 5) is 12.8. The van der Waals surface area contributed by atoms with Gasteiger partial charge in [0.25, 0.3) is 0 Å². The molecule has 4 nitrogen and oxygen atoms in total. The second-order valence-corrected chi connectivity index (χ2v) is 5.42. The number of ether oxygens (including phenoxy) is 1. The predicted octanol–water partition coefficient (Wildman–Crippen LogP) is 3.51. The monoisotopic (exact) mass is 290 g/mol. The number of carbonyl (C=O) groups is 1. The SMILES string of the molecule is COCC(=O)Nc1cccc(NC(C)c2cccs2)c1. The van der Waals surface area contributed by atoms with Crippen molar-refractivity contribution < 1.29 is 9.53 Å². The molecule has 1 unspecified atom stereocenters. The van der Waals surface area contributed by atoms with Crippen LogP contribution >= 0.6 is 11.3 Å². The van der Waals surface area contributed by atoms with Gasteiger partial charge in [-0.15, -0.1) is 11.3 Å². The molecular formula is C15H18N2O2S. The van der Waals surface area contributed by atoms with Crippen molar-refractivity contribution in [1.82, 2.24) is 0 Å². The Balaban J connectivity index is 2.00. The molecular weight excluding hydrogens is 272 g/mol. The molecule has 2 N–H and O–H groups in total. The van der Waals surface area contributed by atoms with Crippen LogP contribution in [0.5, 0.6) is 0 Å². The van der Waals surface area contributed by atoms with Crippen LogP contribution in [-0.2, 0) is 9.53 Å². The summed E-state index contributed by atoms with van der Waals surface area (Å²) in [6.45, 7) is 2.17. The first kappa shape index (κ1) is 14.6. The van der Waals surface area contributed by atoms with Crippen molar-refractivity contribution in [2.45, 2.75) is 13.0 Å². The van der Waals surface area contributed by atoms with Gasteiger partial charge in [-0.2, -0.15) is 0 Å². The van der Waals surface area contributed by atoms with E-state index < -0.39 is 0 Å². The number of methoxy groups -OCH3 is 1. The zero-order valence-corrected chi connectivity index (χ0v) is 12.4. The van der Waals surface area contributed by atoms with Gasteiger partial charge in [0.2, 0.25) is 5.91 Å². The Labute approximate surface area is 122 Å². The third-order valence-corrected chi connectivity index (χ3v) is 3.83. The van der Waals surface area contributed by atoms with Crippen molar-refractivity contribution in [1.29, 1.82) is 0 Å². The molecule has 0 spiro atoms. The Morgan fingerprint density at radius 1 is 1.30 bits per heavy atom. The highest BCUT2D eigenvalue weighted by Crippen LogP contribution is 2.24. The normalized spacial score (nSPS) is 11.9. The molecule has 0 aliphatic heterocycles. The number of benzene rings is 1. The van der Waals surface area contributed by atoms with Crippen molar-refractivity contribution in [2.24, 2.45) is 0 Å². The fourth-order valence-electron chi connectivity index (χ4n) is 1.87. The van der Waals surface area contributed by atoms with Crippen molar-refractivity contribution in [3.05, 3.63) is 46.7 Å². The lowest BCUT2D eigenvalue weighted by Crippen LogP contribution is -2.17. The Kier molecular flexibility index (Phi) is 5.15. The molecule has 1 heterocycles. The molecule has 1 aromatic heterocycles. The van der Waals surface area contributed by atoms with Gasteiger partial charge in [-0.1, -0.05) is 12.1 Å². The molecule has 2 rings (SSSR count).